The molecule has 1 aliphatic heterocycles. The van der Waals surface area contributed by atoms with Crippen LogP contribution in [0.5, 0.6) is 0 Å². The summed E-state index contributed by atoms with van der Waals surface area (Å²) in [5.41, 5.74) is 9.34. The van der Waals surface area contributed by atoms with Crippen molar-refractivity contribution in [2.24, 2.45) is 5.92 Å². The maximum Gasteiger partial charge on any atom is 0.0434 e. The molecule has 1 saturated heterocycles. The highest BCUT2D eigenvalue weighted by molar-refractivity contribution is 5.49. The summed E-state index contributed by atoms with van der Waals surface area (Å²) in [6.45, 7) is 5.63. The van der Waals surface area contributed by atoms with E-state index < -0.39 is 0 Å². The highest BCUT2D eigenvalue weighted by Crippen LogP contribution is 2.23. The molecule has 94 valence electrons. The SMILES string of the molecule is Cc1c(N)cccc1CN1CCC(CCO)C1. The first kappa shape index (κ1) is 12.4. The first-order chi connectivity index (χ1) is 8.20. The van der Waals surface area contributed by atoms with E-state index in [-0.39, 0.29) is 0 Å². The Bertz CT molecular complexity index is 378. The number of likely N-dealkylation sites (tertiary alicyclic amines) is 1. The third-order valence-corrected chi connectivity index (χ3v) is 3.79. The highest BCUT2D eigenvalue weighted by Gasteiger charge is 2.22. The van der Waals surface area contributed by atoms with Crippen LogP contribution in [0.1, 0.15) is 24.0 Å². The maximum absolute atomic E-state index is 8.95. The number of benzene rings is 1. The molecule has 2 rings (SSSR count). The van der Waals surface area contributed by atoms with Crippen molar-refractivity contribution in [2.75, 3.05) is 25.4 Å². The Hall–Kier alpha value is -1.06. The largest absolute Gasteiger partial charge is 0.399 e. The van der Waals surface area contributed by atoms with Gasteiger partial charge in [0.25, 0.3) is 0 Å². The van der Waals surface area contributed by atoms with Crippen LogP contribution < -0.4 is 5.73 Å². The summed E-state index contributed by atoms with van der Waals surface area (Å²) in [6.07, 6.45) is 2.15. The molecule has 1 aliphatic rings. The van der Waals surface area contributed by atoms with Gasteiger partial charge < -0.3 is 10.8 Å². The van der Waals surface area contributed by atoms with Crippen molar-refractivity contribution in [3.05, 3.63) is 29.3 Å². The molecule has 1 aromatic carbocycles. The van der Waals surface area contributed by atoms with Crippen LogP contribution in [-0.4, -0.2) is 29.7 Å². The summed E-state index contributed by atoms with van der Waals surface area (Å²) >= 11 is 0. The standard InChI is InChI=1S/C14H22N2O/c1-11-13(3-2-4-14(11)15)10-16-7-5-12(9-16)6-8-17/h2-4,12,17H,5-10,15H2,1H3. The monoisotopic (exact) mass is 234 g/mol. The van der Waals surface area contributed by atoms with Gasteiger partial charge in [-0.1, -0.05) is 12.1 Å². The number of nitrogens with zero attached hydrogens (tertiary/aromatic N) is 1. The van der Waals surface area contributed by atoms with Crippen LogP contribution in [0.3, 0.4) is 0 Å². The van der Waals surface area contributed by atoms with E-state index in [1.54, 1.807) is 0 Å². The molecule has 0 aliphatic carbocycles. The number of aliphatic hydroxyl groups excluding tert-OH is 1. The number of rotatable bonds is 4. The zero-order valence-electron chi connectivity index (χ0n) is 10.5. The molecule has 1 atom stereocenters. The van der Waals surface area contributed by atoms with E-state index in [1.165, 1.54) is 17.5 Å². The Morgan fingerprint density at radius 1 is 1.47 bits per heavy atom. The highest BCUT2D eigenvalue weighted by atomic mass is 16.3. The Kier molecular flexibility index (Phi) is 4.02. The quantitative estimate of drug-likeness (QED) is 0.781. The number of nitrogens with two attached hydrogens (primary N) is 1. The van der Waals surface area contributed by atoms with Gasteiger partial charge in [0, 0.05) is 25.4 Å². The van der Waals surface area contributed by atoms with E-state index in [2.05, 4.69) is 17.9 Å². The summed E-state index contributed by atoms with van der Waals surface area (Å²) in [5, 5.41) is 8.95. The molecule has 1 aromatic rings. The lowest BCUT2D eigenvalue weighted by atomic mass is 10.1. The van der Waals surface area contributed by atoms with E-state index in [9.17, 15) is 0 Å². The Balaban J connectivity index is 1.96. The van der Waals surface area contributed by atoms with Gasteiger partial charge in [-0.2, -0.15) is 0 Å². The lowest BCUT2D eigenvalue weighted by Crippen LogP contribution is -2.21. The number of hydrogen-bond acceptors (Lipinski definition) is 3. The van der Waals surface area contributed by atoms with Crippen molar-refractivity contribution < 1.29 is 5.11 Å². The van der Waals surface area contributed by atoms with Gasteiger partial charge in [-0.15, -0.1) is 0 Å². The van der Waals surface area contributed by atoms with Gasteiger partial charge in [-0.05, 0) is 49.4 Å². The molecule has 3 nitrogen and oxygen atoms in total. The Labute approximate surface area is 103 Å². The van der Waals surface area contributed by atoms with Gasteiger partial charge in [-0.25, -0.2) is 0 Å². The smallest absolute Gasteiger partial charge is 0.0434 e. The minimum atomic E-state index is 0.315. The van der Waals surface area contributed by atoms with Gasteiger partial charge in [0.1, 0.15) is 0 Å². The zero-order valence-corrected chi connectivity index (χ0v) is 10.5. The summed E-state index contributed by atoms with van der Waals surface area (Å²) in [5.74, 6) is 0.668. The van der Waals surface area contributed by atoms with Gasteiger partial charge in [0.2, 0.25) is 0 Å². The summed E-state index contributed by atoms with van der Waals surface area (Å²) < 4.78 is 0. The van der Waals surface area contributed by atoms with E-state index in [0.29, 0.717) is 12.5 Å². The fraction of sp³-hybridized carbons (Fsp3) is 0.571. The molecule has 1 fully saturated rings. The molecule has 0 spiro atoms. The molecule has 0 aromatic heterocycles. The van der Waals surface area contributed by atoms with Gasteiger partial charge in [0.05, 0.1) is 0 Å². The fourth-order valence-corrected chi connectivity index (χ4v) is 2.59. The third kappa shape index (κ3) is 2.99. The number of nitrogen functional groups attached to an aromatic ring is 1. The molecular formula is C14H22N2O. The third-order valence-electron chi connectivity index (χ3n) is 3.79. The first-order valence-corrected chi connectivity index (χ1v) is 6.38. The summed E-state index contributed by atoms with van der Waals surface area (Å²) in [7, 11) is 0. The molecule has 1 unspecified atom stereocenters. The van der Waals surface area contributed by atoms with E-state index in [0.717, 1.165) is 31.7 Å². The second-order valence-corrected chi connectivity index (χ2v) is 5.03. The molecule has 3 heteroatoms. The number of anilines is 1. The van der Waals surface area contributed by atoms with Gasteiger partial charge in [-0.3, -0.25) is 4.90 Å². The van der Waals surface area contributed by atoms with E-state index >= 15 is 0 Å². The molecular weight excluding hydrogens is 212 g/mol. The summed E-state index contributed by atoms with van der Waals surface area (Å²) in [6, 6.07) is 6.14. The average Bonchev–Trinajstić information content (AvgIpc) is 2.73. The first-order valence-electron chi connectivity index (χ1n) is 6.38. The predicted molar refractivity (Wildman–Crippen MR) is 70.7 cm³/mol. The van der Waals surface area contributed by atoms with Gasteiger partial charge >= 0.3 is 0 Å². The molecule has 0 radical (unpaired) electrons. The van der Waals surface area contributed by atoms with Crippen LogP contribution in [-0.2, 0) is 6.54 Å². The maximum atomic E-state index is 8.95. The number of hydrogen-bond donors (Lipinski definition) is 2. The van der Waals surface area contributed by atoms with Crippen molar-refractivity contribution in [3.63, 3.8) is 0 Å². The van der Waals surface area contributed by atoms with Crippen LogP contribution in [0.2, 0.25) is 0 Å². The topological polar surface area (TPSA) is 49.5 Å². The molecule has 17 heavy (non-hydrogen) atoms. The normalized spacial score (nSPS) is 20.9. The fourth-order valence-electron chi connectivity index (χ4n) is 2.59. The van der Waals surface area contributed by atoms with Crippen molar-refractivity contribution in [1.82, 2.24) is 4.90 Å². The molecule has 3 N–H and O–H groups in total. The molecule has 0 saturated carbocycles. The minimum Gasteiger partial charge on any atom is -0.399 e. The van der Waals surface area contributed by atoms with Crippen LogP contribution in [0.4, 0.5) is 5.69 Å². The Morgan fingerprint density at radius 2 is 2.29 bits per heavy atom. The van der Waals surface area contributed by atoms with Crippen molar-refractivity contribution >= 4 is 5.69 Å². The van der Waals surface area contributed by atoms with Crippen molar-refractivity contribution in [3.8, 4) is 0 Å². The molecule has 0 amide bonds. The molecule has 1 heterocycles. The predicted octanol–water partition coefficient (Wildman–Crippen LogP) is 1.78. The lowest BCUT2D eigenvalue weighted by Gasteiger charge is -2.18. The summed E-state index contributed by atoms with van der Waals surface area (Å²) in [4.78, 5) is 2.46. The van der Waals surface area contributed by atoms with Crippen LogP contribution in [0.15, 0.2) is 18.2 Å². The van der Waals surface area contributed by atoms with Crippen LogP contribution in [0, 0.1) is 12.8 Å². The van der Waals surface area contributed by atoms with Crippen LogP contribution >= 0.6 is 0 Å². The number of aliphatic hydroxyl groups is 1. The van der Waals surface area contributed by atoms with Crippen molar-refractivity contribution in [2.45, 2.75) is 26.3 Å². The van der Waals surface area contributed by atoms with Crippen molar-refractivity contribution in [1.29, 1.82) is 0 Å². The molecule has 0 bridgehead atoms. The second-order valence-electron chi connectivity index (χ2n) is 5.03. The average molecular weight is 234 g/mol. The van der Waals surface area contributed by atoms with Gasteiger partial charge in [0.15, 0.2) is 0 Å². The van der Waals surface area contributed by atoms with Crippen LogP contribution in [0.25, 0.3) is 0 Å². The zero-order chi connectivity index (χ0) is 12.3. The second kappa shape index (κ2) is 5.52. The Morgan fingerprint density at radius 3 is 3.06 bits per heavy atom. The van der Waals surface area contributed by atoms with E-state index in [4.69, 9.17) is 10.8 Å². The minimum absolute atomic E-state index is 0.315. The van der Waals surface area contributed by atoms with E-state index in [1.807, 2.05) is 12.1 Å². The lowest BCUT2D eigenvalue weighted by molar-refractivity contribution is 0.249.